The van der Waals surface area contributed by atoms with Gasteiger partial charge in [0.15, 0.2) is 0 Å². The minimum Gasteiger partial charge on any atom is -0.467 e. The fourth-order valence-corrected chi connectivity index (χ4v) is 4.38. The van der Waals surface area contributed by atoms with Crippen molar-refractivity contribution in [1.82, 2.24) is 4.90 Å². The number of esters is 1. The number of benzene rings is 1. The number of para-hydroxylation sites is 1. The minimum atomic E-state index is -0.550. The van der Waals surface area contributed by atoms with Crippen molar-refractivity contribution >= 4 is 11.9 Å². The molecule has 1 aromatic carbocycles. The predicted molar refractivity (Wildman–Crippen MR) is 113 cm³/mol. The minimum absolute atomic E-state index is 0.0744. The molecular weight excluding hydrogens is 366 g/mol. The summed E-state index contributed by atoms with van der Waals surface area (Å²) in [5.74, 6) is 1.27. The molecule has 0 N–H and O–H groups in total. The summed E-state index contributed by atoms with van der Waals surface area (Å²) in [6.07, 6.45) is 8.06. The second-order valence-corrected chi connectivity index (χ2v) is 9.20. The molecule has 1 aromatic rings. The van der Waals surface area contributed by atoms with Gasteiger partial charge in [-0.25, -0.2) is 4.79 Å². The molecule has 1 aliphatic heterocycles. The van der Waals surface area contributed by atoms with Crippen LogP contribution in [0.5, 0.6) is 5.75 Å². The number of hydrogen-bond donors (Lipinski definition) is 0. The van der Waals surface area contributed by atoms with E-state index in [1.165, 1.54) is 32.4 Å². The highest BCUT2D eigenvalue weighted by molar-refractivity contribution is 5.94. The van der Waals surface area contributed by atoms with Crippen LogP contribution in [0, 0.1) is 5.92 Å². The van der Waals surface area contributed by atoms with Crippen LogP contribution in [0.1, 0.15) is 64.9 Å². The van der Waals surface area contributed by atoms with Crippen molar-refractivity contribution in [1.29, 1.82) is 0 Å². The third kappa shape index (κ3) is 5.20. The third-order valence-corrected chi connectivity index (χ3v) is 5.96. The number of hydrogen-bond acceptors (Lipinski definition) is 4. The van der Waals surface area contributed by atoms with Gasteiger partial charge in [-0.05, 0) is 23.8 Å². The molecule has 1 amide bonds. The number of nitrogens with zero attached hydrogens (tertiary/aromatic N) is 1. The molecule has 0 unspecified atom stereocenters. The summed E-state index contributed by atoms with van der Waals surface area (Å²) in [7, 11) is 1.39. The van der Waals surface area contributed by atoms with Crippen molar-refractivity contribution in [2.24, 2.45) is 5.92 Å². The van der Waals surface area contributed by atoms with E-state index < -0.39 is 6.04 Å². The predicted octanol–water partition coefficient (Wildman–Crippen LogP) is 4.60. The second kappa shape index (κ2) is 9.02. The van der Waals surface area contributed by atoms with Crippen LogP contribution in [0.2, 0.25) is 0 Å². The fraction of sp³-hybridized carbons (Fsp3) is 0.583. The standard InChI is InChI=1S/C24H33NO4/c1-24(2,3)19-12-8-9-13-21(19)29-18-15-22(26)25(16-18)20(23(27)28-4)14-17-10-6-5-7-11-17/h8-9,12-13,15,17,20H,5-7,10-11,14,16H2,1-4H3/t20-/m0/s1. The maximum atomic E-state index is 12.7. The van der Waals surface area contributed by atoms with Gasteiger partial charge in [0, 0.05) is 11.6 Å². The lowest BCUT2D eigenvalue weighted by atomic mass is 9.84. The highest BCUT2D eigenvalue weighted by Crippen LogP contribution is 2.34. The Labute approximate surface area is 174 Å². The molecule has 1 aliphatic carbocycles. The first-order valence-electron chi connectivity index (χ1n) is 10.7. The molecule has 1 fully saturated rings. The van der Waals surface area contributed by atoms with Crippen LogP contribution in [0.4, 0.5) is 0 Å². The van der Waals surface area contributed by atoms with Gasteiger partial charge in [-0.1, -0.05) is 71.1 Å². The molecule has 158 valence electrons. The number of amides is 1. The first-order chi connectivity index (χ1) is 13.8. The van der Waals surface area contributed by atoms with E-state index in [9.17, 15) is 9.59 Å². The monoisotopic (exact) mass is 399 g/mol. The maximum Gasteiger partial charge on any atom is 0.328 e. The summed E-state index contributed by atoms with van der Waals surface area (Å²) in [4.78, 5) is 26.8. The van der Waals surface area contributed by atoms with Crippen molar-refractivity contribution in [3.63, 3.8) is 0 Å². The Balaban J connectivity index is 1.73. The van der Waals surface area contributed by atoms with Crippen LogP contribution >= 0.6 is 0 Å². The Morgan fingerprint density at radius 1 is 1.17 bits per heavy atom. The van der Waals surface area contributed by atoms with Gasteiger partial charge in [0.05, 0.1) is 13.7 Å². The molecule has 0 saturated heterocycles. The van der Waals surface area contributed by atoms with E-state index in [0.717, 1.165) is 24.2 Å². The molecule has 3 rings (SSSR count). The summed E-state index contributed by atoms with van der Waals surface area (Å²) in [5.41, 5.74) is 1.01. The van der Waals surface area contributed by atoms with Gasteiger partial charge in [0.25, 0.3) is 5.91 Å². The van der Waals surface area contributed by atoms with Gasteiger partial charge < -0.3 is 14.4 Å². The number of rotatable bonds is 6. The van der Waals surface area contributed by atoms with E-state index in [1.54, 1.807) is 4.90 Å². The highest BCUT2D eigenvalue weighted by atomic mass is 16.5. The molecular formula is C24H33NO4. The van der Waals surface area contributed by atoms with Crippen LogP contribution < -0.4 is 4.74 Å². The van der Waals surface area contributed by atoms with Crippen LogP contribution in [-0.4, -0.2) is 36.5 Å². The van der Waals surface area contributed by atoms with Crippen LogP contribution in [0.15, 0.2) is 36.1 Å². The SMILES string of the molecule is COC(=O)[C@H](CC1CCCCC1)N1CC(Oc2ccccc2C(C)(C)C)=CC1=O. The van der Waals surface area contributed by atoms with Crippen molar-refractivity contribution in [3.05, 3.63) is 41.7 Å². The molecule has 0 bridgehead atoms. The lowest BCUT2D eigenvalue weighted by Gasteiger charge is -2.31. The van der Waals surface area contributed by atoms with Crippen molar-refractivity contribution < 1.29 is 19.1 Å². The Morgan fingerprint density at radius 2 is 1.86 bits per heavy atom. The van der Waals surface area contributed by atoms with E-state index in [4.69, 9.17) is 9.47 Å². The summed E-state index contributed by atoms with van der Waals surface area (Å²) in [6, 6.07) is 7.34. The summed E-state index contributed by atoms with van der Waals surface area (Å²) >= 11 is 0. The molecule has 0 radical (unpaired) electrons. The number of carbonyl (C=O) groups excluding carboxylic acids is 2. The van der Waals surface area contributed by atoms with Gasteiger partial charge in [-0.3, -0.25) is 4.79 Å². The van der Waals surface area contributed by atoms with E-state index in [0.29, 0.717) is 24.6 Å². The Kier molecular flexibility index (Phi) is 6.66. The smallest absolute Gasteiger partial charge is 0.328 e. The van der Waals surface area contributed by atoms with E-state index in [2.05, 4.69) is 20.8 Å². The van der Waals surface area contributed by atoms with E-state index >= 15 is 0 Å². The average molecular weight is 400 g/mol. The van der Waals surface area contributed by atoms with Crippen LogP contribution in [-0.2, 0) is 19.7 Å². The third-order valence-electron chi connectivity index (χ3n) is 5.96. The van der Waals surface area contributed by atoms with Crippen LogP contribution in [0.25, 0.3) is 0 Å². The molecule has 5 nitrogen and oxygen atoms in total. The first-order valence-corrected chi connectivity index (χ1v) is 10.7. The average Bonchev–Trinajstić information content (AvgIpc) is 3.05. The summed E-state index contributed by atoms with van der Waals surface area (Å²) < 4.78 is 11.2. The maximum absolute atomic E-state index is 12.7. The quantitative estimate of drug-likeness (QED) is 0.656. The largest absolute Gasteiger partial charge is 0.467 e. The van der Waals surface area contributed by atoms with Gasteiger partial charge in [-0.2, -0.15) is 0 Å². The molecule has 1 saturated carbocycles. The summed E-state index contributed by atoms with van der Waals surface area (Å²) in [5, 5.41) is 0. The Morgan fingerprint density at radius 3 is 2.52 bits per heavy atom. The van der Waals surface area contributed by atoms with Gasteiger partial charge in [0.1, 0.15) is 17.6 Å². The highest BCUT2D eigenvalue weighted by Gasteiger charge is 2.37. The van der Waals surface area contributed by atoms with Gasteiger partial charge in [-0.15, -0.1) is 0 Å². The fourth-order valence-electron chi connectivity index (χ4n) is 4.38. The molecule has 1 atom stereocenters. The second-order valence-electron chi connectivity index (χ2n) is 9.20. The molecule has 5 heteroatoms. The zero-order chi connectivity index (χ0) is 21.0. The van der Waals surface area contributed by atoms with Crippen molar-refractivity contribution in [2.75, 3.05) is 13.7 Å². The van der Waals surface area contributed by atoms with Crippen LogP contribution in [0.3, 0.4) is 0 Å². The van der Waals surface area contributed by atoms with E-state index in [-0.39, 0.29) is 17.3 Å². The van der Waals surface area contributed by atoms with Gasteiger partial charge >= 0.3 is 5.97 Å². The van der Waals surface area contributed by atoms with Crippen molar-refractivity contribution in [3.8, 4) is 5.75 Å². The number of methoxy groups -OCH3 is 1. The molecule has 29 heavy (non-hydrogen) atoms. The lowest BCUT2D eigenvalue weighted by Crippen LogP contribution is -2.44. The lowest BCUT2D eigenvalue weighted by molar-refractivity contribution is -0.151. The normalized spacial score (nSPS) is 19.1. The zero-order valence-corrected chi connectivity index (χ0v) is 18.1. The molecule has 2 aliphatic rings. The number of ether oxygens (including phenoxy) is 2. The number of carbonyl (C=O) groups is 2. The molecule has 0 aromatic heterocycles. The van der Waals surface area contributed by atoms with Crippen molar-refractivity contribution in [2.45, 2.75) is 70.8 Å². The zero-order valence-electron chi connectivity index (χ0n) is 18.1. The molecule has 0 spiro atoms. The van der Waals surface area contributed by atoms with Gasteiger partial charge in [0.2, 0.25) is 0 Å². The Hall–Kier alpha value is -2.30. The summed E-state index contributed by atoms with van der Waals surface area (Å²) in [6.45, 7) is 6.69. The first kappa shape index (κ1) is 21.4. The topological polar surface area (TPSA) is 55.8 Å². The molecule has 1 heterocycles. The Bertz CT molecular complexity index is 771. The van der Waals surface area contributed by atoms with E-state index in [1.807, 2.05) is 24.3 Å².